The van der Waals surface area contributed by atoms with Crippen molar-refractivity contribution in [2.45, 2.75) is 39.7 Å². The molecule has 0 rings (SSSR count). The first-order valence-electron chi connectivity index (χ1n) is 5.78. The fraction of sp³-hybridized carbons (Fsp3) is 0.692. The van der Waals surface area contributed by atoms with Crippen LogP contribution in [0.2, 0.25) is 0 Å². The summed E-state index contributed by atoms with van der Waals surface area (Å²) in [5.74, 6) is 0. The molecule has 0 aromatic rings. The minimum absolute atomic E-state index is 0.139. The molecule has 16 heavy (non-hydrogen) atoms. The van der Waals surface area contributed by atoms with E-state index in [1.165, 1.54) is 6.92 Å². The lowest BCUT2D eigenvalue weighted by Gasteiger charge is -1.97. The Morgan fingerprint density at radius 3 is 1.69 bits per heavy atom. The van der Waals surface area contributed by atoms with Crippen molar-refractivity contribution in [1.82, 2.24) is 0 Å². The van der Waals surface area contributed by atoms with Gasteiger partial charge in [0.25, 0.3) is 0 Å². The van der Waals surface area contributed by atoms with Crippen LogP contribution in [-0.4, -0.2) is 36.1 Å². The third-order valence-electron chi connectivity index (χ3n) is 1.59. The van der Waals surface area contributed by atoms with Crippen LogP contribution in [0, 0.1) is 0 Å². The summed E-state index contributed by atoms with van der Waals surface area (Å²) in [5.41, 5.74) is 0. The summed E-state index contributed by atoms with van der Waals surface area (Å²) in [4.78, 5) is 0. The van der Waals surface area contributed by atoms with Crippen LogP contribution in [0.5, 0.6) is 0 Å². The second-order valence-electron chi connectivity index (χ2n) is 3.36. The predicted octanol–water partition coefficient (Wildman–Crippen LogP) is 2.29. The van der Waals surface area contributed by atoms with Gasteiger partial charge in [-0.1, -0.05) is 24.3 Å². The monoisotopic (exact) mass is 230 g/mol. The molecule has 96 valence electrons. The summed E-state index contributed by atoms with van der Waals surface area (Å²) in [7, 11) is 0. The number of rotatable bonds is 7. The van der Waals surface area contributed by atoms with Crippen LogP contribution in [-0.2, 0) is 4.74 Å². The van der Waals surface area contributed by atoms with Gasteiger partial charge in [-0.2, -0.15) is 0 Å². The van der Waals surface area contributed by atoms with Crippen molar-refractivity contribution >= 4 is 0 Å². The number of aliphatic hydroxyl groups is 2. The number of hydrogen-bond donors (Lipinski definition) is 2. The minimum atomic E-state index is -0.560. The maximum Gasteiger partial charge on any atom is 0.0742 e. The second kappa shape index (κ2) is 16.8. The zero-order valence-electron chi connectivity index (χ0n) is 10.7. The van der Waals surface area contributed by atoms with Gasteiger partial charge < -0.3 is 14.9 Å². The molecule has 0 saturated carbocycles. The third-order valence-corrected chi connectivity index (χ3v) is 1.59. The Morgan fingerprint density at radius 1 is 1.06 bits per heavy atom. The molecule has 1 unspecified atom stereocenters. The quantitative estimate of drug-likeness (QED) is 0.521. The maximum atomic E-state index is 8.11. The van der Waals surface area contributed by atoms with Crippen LogP contribution in [0.1, 0.15) is 33.6 Å². The summed E-state index contributed by atoms with van der Waals surface area (Å²) < 4.78 is 5.34. The van der Waals surface area contributed by atoms with Gasteiger partial charge in [0.15, 0.2) is 0 Å². The average Bonchev–Trinajstić information content (AvgIpc) is 2.29. The van der Waals surface area contributed by atoms with E-state index in [2.05, 4.69) is 24.3 Å². The summed E-state index contributed by atoms with van der Waals surface area (Å²) >= 11 is 0. The lowest BCUT2D eigenvalue weighted by molar-refractivity contribution is 0.110. The normalized spacial score (nSPS) is 12.8. The Hall–Kier alpha value is -0.640. The van der Waals surface area contributed by atoms with Crippen LogP contribution < -0.4 is 0 Å². The molecule has 0 bridgehead atoms. The maximum absolute atomic E-state index is 8.11. The van der Waals surface area contributed by atoms with E-state index in [1.54, 1.807) is 0 Å². The fourth-order valence-corrected chi connectivity index (χ4v) is 0.738. The van der Waals surface area contributed by atoms with Gasteiger partial charge >= 0.3 is 0 Å². The number of ether oxygens (including phenoxy) is 1. The zero-order chi connectivity index (χ0) is 12.6. The van der Waals surface area contributed by atoms with Gasteiger partial charge in [0.2, 0.25) is 0 Å². The van der Waals surface area contributed by atoms with Crippen molar-refractivity contribution in [1.29, 1.82) is 0 Å². The van der Waals surface area contributed by atoms with E-state index < -0.39 is 6.10 Å². The molecule has 0 aliphatic heterocycles. The van der Waals surface area contributed by atoms with Crippen LogP contribution in [0.25, 0.3) is 0 Å². The number of allylic oxidation sites excluding steroid dienone is 2. The van der Waals surface area contributed by atoms with Gasteiger partial charge in [-0.15, -0.1) is 0 Å². The molecule has 0 aliphatic rings. The van der Waals surface area contributed by atoms with Crippen molar-refractivity contribution < 1.29 is 14.9 Å². The molecule has 0 aromatic carbocycles. The first kappa shape index (κ1) is 17.7. The summed E-state index contributed by atoms with van der Waals surface area (Å²) in [5, 5.41) is 16.0. The smallest absolute Gasteiger partial charge is 0.0742 e. The first-order valence-corrected chi connectivity index (χ1v) is 5.78. The molecule has 0 spiro atoms. The van der Waals surface area contributed by atoms with E-state index in [-0.39, 0.29) is 6.61 Å². The number of aliphatic hydroxyl groups excluding tert-OH is 2. The van der Waals surface area contributed by atoms with E-state index in [1.807, 2.05) is 13.8 Å². The van der Waals surface area contributed by atoms with Crippen LogP contribution in [0.3, 0.4) is 0 Å². The van der Waals surface area contributed by atoms with Crippen LogP contribution >= 0.6 is 0 Å². The second-order valence-corrected chi connectivity index (χ2v) is 3.36. The highest BCUT2D eigenvalue weighted by Crippen LogP contribution is 1.88. The average molecular weight is 230 g/mol. The Balaban J connectivity index is 0. The molecule has 0 aromatic heterocycles. The SMILES string of the molecule is CC(O)CO.CC=CCCOCCC=CC. The molecule has 0 radical (unpaired) electrons. The van der Waals surface area contributed by atoms with Gasteiger partial charge in [-0.3, -0.25) is 0 Å². The molecule has 0 fully saturated rings. The van der Waals surface area contributed by atoms with Gasteiger partial charge in [-0.05, 0) is 33.6 Å². The Kier molecular flexibility index (Phi) is 18.6. The highest BCUT2D eigenvalue weighted by molar-refractivity contribution is 4.77. The summed E-state index contributed by atoms with van der Waals surface area (Å²) in [6.07, 6.45) is 9.85. The fourth-order valence-electron chi connectivity index (χ4n) is 0.738. The summed E-state index contributed by atoms with van der Waals surface area (Å²) in [6, 6.07) is 0. The molecule has 0 saturated heterocycles. The lowest BCUT2D eigenvalue weighted by Crippen LogP contribution is -2.03. The van der Waals surface area contributed by atoms with Gasteiger partial charge in [-0.25, -0.2) is 0 Å². The van der Waals surface area contributed by atoms with Gasteiger partial charge in [0.1, 0.15) is 0 Å². The van der Waals surface area contributed by atoms with Crippen LogP contribution in [0.15, 0.2) is 24.3 Å². The van der Waals surface area contributed by atoms with Gasteiger partial charge in [0.05, 0.1) is 25.9 Å². The highest BCUT2D eigenvalue weighted by Gasteiger charge is 1.83. The van der Waals surface area contributed by atoms with Gasteiger partial charge in [0, 0.05) is 0 Å². The molecule has 3 nitrogen and oxygen atoms in total. The van der Waals surface area contributed by atoms with Crippen LogP contribution in [0.4, 0.5) is 0 Å². The van der Waals surface area contributed by atoms with E-state index in [4.69, 9.17) is 14.9 Å². The van der Waals surface area contributed by atoms with E-state index >= 15 is 0 Å². The molecular weight excluding hydrogens is 204 g/mol. The van der Waals surface area contributed by atoms with Crippen molar-refractivity contribution in [3.63, 3.8) is 0 Å². The lowest BCUT2D eigenvalue weighted by atomic mass is 10.4. The van der Waals surface area contributed by atoms with Crippen molar-refractivity contribution in [3.8, 4) is 0 Å². The first-order chi connectivity index (χ1) is 7.68. The zero-order valence-corrected chi connectivity index (χ0v) is 10.7. The molecular formula is C13H26O3. The van der Waals surface area contributed by atoms with E-state index in [0.717, 1.165) is 26.1 Å². The Bertz CT molecular complexity index is 149. The standard InChI is InChI=1S/C10H18O.C3H8O2/c1-3-5-7-9-11-10-8-6-4-2;1-3(5)2-4/h3-6H,7-10H2,1-2H3;3-5H,2H2,1H3. The highest BCUT2D eigenvalue weighted by atomic mass is 16.5. The Morgan fingerprint density at radius 2 is 1.44 bits per heavy atom. The number of hydrogen-bond acceptors (Lipinski definition) is 3. The van der Waals surface area contributed by atoms with Crippen molar-refractivity contribution in [3.05, 3.63) is 24.3 Å². The largest absolute Gasteiger partial charge is 0.394 e. The third kappa shape index (κ3) is 23.3. The molecule has 2 N–H and O–H groups in total. The van der Waals surface area contributed by atoms with E-state index in [9.17, 15) is 0 Å². The van der Waals surface area contributed by atoms with Crippen molar-refractivity contribution in [2.24, 2.45) is 0 Å². The predicted molar refractivity (Wildman–Crippen MR) is 68.4 cm³/mol. The van der Waals surface area contributed by atoms with E-state index in [0.29, 0.717) is 0 Å². The Labute approximate surface area is 99.4 Å². The van der Waals surface area contributed by atoms with Crippen molar-refractivity contribution in [2.75, 3.05) is 19.8 Å². The molecule has 1 atom stereocenters. The molecule has 0 amide bonds. The molecule has 0 heterocycles. The molecule has 0 aliphatic carbocycles. The summed E-state index contributed by atoms with van der Waals surface area (Å²) in [6.45, 7) is 7.14. The topological polar surface area (TPSA) is 49.7 Å². The minimum Gasteiger partial charge on any atom is -0.394 e. The molecule has 3 heteroatoms.